The van der Waals surface area contributed by atoms with Crippen molar-refractivity contribution in [1.82, 2.24) is 5.32 Å². The normalized spacial score (nSPS) is 12.7. The second kappa shape index (κ2) is 5.66. The molecule has 0 spiro atoms. The molecule has 1 aromatic carbocycles. The van der Waals surface area contributed by atoms with Crippen LogP contribution < -0.4 is 5.32 Å². The number of hydrogen-bond acceptors (Lipinski definition) is 2. The minimum atomic E-state index is 0.347. The first-order valence-corrected chi connectivity index (χ1v) is 5.30. The van der Waals surface area contributed by atoms with Gasteiger partial charge in [0.05, 0.1) is 0 Å². The highest BCUT2D eigenvalue weighted by atomic mass is 16.3. The van der Waals surface area contributed by atoms with E-state index in [9.17, 15) is 5.11 Å². The van der Waals surface area contributed by atoms with Crippen molar-refractivity contribution < 1.29 is 5.11 Å². The van der Waals surface area contributed by atoms with Crippen LogP contribution in [0.5, 0.6) is 5.75 Å². The lowest BCUT2D eigenvalue weighted by molar-refractivity contribution is 0.469. The SMILES string of the molecule is CCCNC(CC)c1cccc(O)c1. The number of benzene rings is 1. The average Bonchev–Trinajstić information content (AvgIpc) is 2.19. The monoisotopic (exact) mass is 193 g/mol. The third kappa shape index (κ3) is 3.04. The molecule has 0 aromatic heterocycles. The summed E-state index contributed by atoms with van der Waals surface area (Å²) in [6, 6.07) is 7.84. The first kappa shape index (κ1) is 11.1. The molecule has 0 aliphatic carbocycles. The van der Waals surface area contributed by atoms with Crippen molar-refractivity contribution in [2.24, 2.45) is 0 Å². The van der Waals surface area contributed by atoms with Crippen molar-refractivity contribution in [3.8, 4) is 5.75 Å². The van der Waals surface area contributed by atoms with Crippen LogP contribution in [0.3, 0.4) is 0 Å². The van der Waals surface area contributed by atoms with Crippen LogP contribution >= 0.6 is 0 Å². The second-order valence-corrected chi connectivity index (χ2v) is 3.51. The number of phenols is 1. The van der Waals surface area contributed by atoms with Gasteiger partial charge in [0.1, 0.15) is 5.75 Å². The van der Waals surface area contributed by atoms with Crippen LogP contribution in [0.15, 0.2) is 24.3 Å². The smallest absolute Gasteiger partial charge is 0.115 e. The minimum Gasteiger partial charge on any atom is -0.508 e. The standard InChI is InChI=1S/C12H19NO/c1-3-8-13-12(4-2)10-6-5-7-11(14)9-10/h5-7,9,12-14H,3-4,8H2,1-2H3. The molecule has 1 aromatic rings. The topological polar surface area (TPSA) is 32.3 Å². The number of aromatic hydroxyl groups is 1. The van der Waals surface area contributed by atoms with Gasteiger partial charge in [-0.05, 0) is 37.1 Å². The van der Waals surface area contributed by atoms with E-state index < -0.39 is 0 Å². The zero-order chi connectivity index (χ0) is 10.4. The molecular weight excluding hydrogens is 174 g/mol. The molecule has 0 saturated carbocycles. The molecule has 0 amide bonds. The van der Waals surface area contributed by atoms with E-state index in [2.05, 4.69) is 25.2 Å². The van der Waals surface area contributed by atoms with Gasteiger partial charge in [0.2, 0.25) is 0 Å². The highest BCUT2D eigenvalue weighted by molar-refractivity contribution is 5.29. The van der Waals surface area contributed by atoms with Gasteiger partial charge in [-0.25, -0.2) is 0 Å². The number of rotatable bonds is 5. The van der Waals surface area contributed by atoms with Crippen molar-refractivity contribution in [1.29, 1.82) is 0 Å². The third-order valence-electron chi connectivity index (χ3n) is 2.32. The maximum Gasteiger partial charge on any atom is 0.115 e. The Balaban J connectivity index is 2.68. The van der Waals surface area contributed by atoms with Crippen LogP contribution in [0.1, 0.15) is 38.3 Å². The molecular formula is C12H19NO. The lowest BCUT2D eigenvalue weighted by Crippen LogP contribution is -2.21. The van der Waals surface area contributed by atoms with Crippen molar-refractivity contribution in [2.45, 2.75) is 32.7 Å². The summed E-state index contributed by atoms with van der Waals surface area (Å²) in [6.07, 6.45) is 2.18. The molecule has 0 heterocycles. The predicted molar refractivity (Wildman–Crippen MR) is 59.4 cm³/mol. The zero-order valence-electron chi connectivity index (χ0n) is 8.96. The van der Waals surface area contributed by atoms with Crippen LogP contribution in [-0.4, -0.2) is 11.7 Å². The Morgan fingerprint density at radius 1 is 1.36 bits per heavy atom. The molecule has 0 aliphatic heterocycles. The van der Waals surface area contributed by atoms with Gasteiger partial charge in [-0.3, -0.25) is 0 Å². The first-order chi connectivity index (χ1) is 6.77. The Bertz CT molecular complexity index is 273. The van der Waals surface area contributed by atoms with Crippen molar-refractivity contribution >= 4 is 0 Å². The molecule has 1 rings (SSSR count). The van der Waals surface area contributed by atoms with Crippen LogP contribution in [0.25, 0.3) is 0 Å². The maximum absolute atomic E-state index is 9.36. The number of phenolic OH excluding ortho intramolecular Hbond substituents is 1. The van der Waals surface area contributed by atoms with Gasteiger partial charge in [0.15, 0.2) is 0 Å². The van der Waals surface area contributed by atoms with Crippen LogP contribution in [0, 0.1) is 0 Å². The molecule has 0 fully saturated rings. The quantitative estimate of drug-likeness (QED) is 0.753. The maximum atomic E-state index is 9.36. The molecule has 2 N–H and O–H groups in total. The molecule has 1 atom stereocenters. The lowest BCUT2D eigenvalue weighted by Gasteiger charge is -2.16. The van der Waals surface area contributed by atoms with E-state index in [1.165, 1.54) is 5.56 Å². The molecule has 0 aliphatic rings. The minimum absolute atomic E-state index is 0.347. The Labute approximate surface area is 86.0 Å². The van der Waals surface area contributed by atoms with E-state index in [-0.39, 0.29) is 0 Å². The van der Waals surface area contributed by atoms with Gasteiger partial charge in [-0.1, -0.05) is 26.0 Å². The van der Waals surface area contributed by atoms with Crippen LogP contribution in [-0.2, 0) is 0 Å². The fourth-order valence-corrected chi connectivity index (χ4v) is 1.56. The summed E-state index contributed by atoms with van der Waals surface area (Å²) in [5.74, 6) is 0.347. The van der Waals surface area contributed by atoms with E-state index in [1.54, 1.807) is 6.07 Å². The Morgan fingerprint density at radius 3 is 2.71 bits per heavy atom. The molecule has 14 heavy (non-hydrogen) atoms. The number of nitrogens with one attached hydrogen (secondary N) is 1. The summed E-state index contributed by atoms with van der Waals surface area (Å²) in [4.78, 5) is 0. The van der Waals surface area contributed by atoms with Gasteiger partial charge in [0.25, 0.3) is 0 Å². The summed E-state index contributed by atoms with van der Waals surface area (Å²) in [5.41, 5.74) is 1.17. The van der Waals surface area contributed by atoms with Gasteiger partial charge in [-0.2, -0.15) is 0 Å². The highest BCUT2D eigenvalue weighted by Gasteiger charge is 2.07. The lowest BCUT2D eigenvalue weighted by atomic mass is 10.0. The molecule has 0 bridgehead atoms. The van der Waals surface area contributed by atoms with E-state index in [1.807, 2.05) is 12.1 Å². The zero-order valence-corrected chi connectivity index (χ0v) is 8.96. The predicted octanol–water partition coefficient (Wildman–Crippen LogP) is 2.84. The van der Waals surface area contributed by atoms with Gasteiger partial charge < -0.3 is 10.4 Å². The molecule has 0 radical (unpaired) electrons. The molecule has 1 unspecified atom stereocenters. The van der Waals surface area contributed by atoms with Gasteiger partial charge in [0, 0.05) is 6.04 Å². The third-order valence-corrected chi connectivity index (χ3v) is 2.32. The Morgan fingerprint density at radius 2 is 2.14 bits per heavy atom. The van der Waals surface area contributed by atoms with Crippen LogP contribution in [0.2, 0.25) is 0 Å². The number of hydrogen-bond donors (Lipinski definition) is 2. The van der Waals surface area contributed by atoms with E-state index in [0.29, 0.717) is 11.8 Å². The average molecular weight is 193 g/mol. The molecule has 2 nitrogen and oxygen atoms in total. The summed E-state index contributed by atoms with van der Waals surface area (Å²) in [6.45, 7) is 5.33. The van der Waals surface area contributed by atoms with Crippen molar-refractivity contribution in [3.63, 3.8) is 0 Å². The summed E-state index contributed by atoms with van der Waals surface area (Å²) in [7, 11) is 0. The van der Waals surface area contributed by atoms with Crippen LogP contribution in [0.4, 0.5) is 0 Å². The Kier molecular flexibility index (Phi) is 4.47. The summed E-state index contributed by atoms with van der Waals surface area (Å²) < 4.78 is 0. The largest absolute Gasteiger partial charge is 0.508 e. The van der Waals surface area contributed by atoms with Gasteiger partial charge in [-0.15, -0.1) is 0 Å². The summed E-state index contributed by atoms with van der Waals surface area (Å²) in [5, 5.41) is 12.8. The highest BCUT2D eigenvalue weighted by Crippen LogP contribution is 2.20. The molecule has 78 valence electrons. The van der Waals surface area contributed by atoms with E-state index >= 15 is 0 Å². The second-order valence-electron chi connectivity index (χ2n) is 3.51. The van der Waals surface area contributed by atoms with E-state index in [4.69, 9.17) is 0 Å². The summed E-state index contributed by atoms with van der Waals surface area (Å²) >= 11 is 0. The molecule has 0 saturated heterocycles. The first-order valence-electron chi connectivity index (χ1n) is 5.30. The van der Waals surface area contributed by atoms with Crippen molar-refractivity contribution in [3.05, 3.63) is 29.8 Å². The fraction of sp³-hybridized carbons (Fsp3) is 0.500. The molecule has 2 heteroatoms. The van der Waals surface area contributed by atoms with Crippen molar-refractivity contribution in [2.75, 3.05) is 6.54 Å². The fourth-order valence-electron chi connectivity index (χ4n) is 1.56. The Hall–Kier alpha value is -1.02. The van der Waals surface area contributed by atoms with E-state index in [0.717, 1.165) is 19.4 Å². The van der Waals surface area contributed by atoms with Gasteiger partial charge >= 0.3 is 0 Å².